The van der Waals surface area contributed by atoms with Gasteiger partial charge in [-0.15, -0.1) is 0 Å². The van der Waals surface area contributed by atoms with Crippen LogP contribution in [-0.2, 0) is 14.8 Å². The molecule has 5 nitrogen and oxygen atoms in total. The summed E-state index contributed by atoms with van der Waals surface area (Å²) in [6, 6.07) is 12.4. The number of rotatable bonds is 5. The highest BCUT2D eigenvalue weighted by molar-refractivity contribution is 7.92. The van der Waals surface area contributed by atoms with Crippen molar-refractivity contribution in [2.75, 3.05) is 11.4 Å². The van der Waals surface area contributed by atoms with Crippen LogP contribution >= 0.6 is 11.6 Å². The van der Waals surface area contributed by atoms with Crippen molar-refractivity contribution >= 4 is 33.3 Å². The van der Waals surface area contributed by atoms with Gasteiger partial charge in [0.15, 0.2) is 0 Å². The Morgan fingerprint density at radius 2 is 1.68 bits per heavy atom. The van der Waals surface area contributed by atoms with Crippen LogP contribution in [0.1, 0.15) is 19.3 Å². The molecule has 0 amide bonds. The van der Waals surface area contributed by atoms with Crippen molar-refractivity contribution in [1.29, 1.82) is 0 Å². The molecule has 2 aromatic rings. The molecular formula is C18H18ClNO4S. The number of nitrogens with zero attached hydrogens (tertiary/aromatic N) is 1. The van der Waals surface area contributed by atoms with E-state index >= 15 is 0 Å². The summed E-state index contributed by atoms with van der Waals surface area (Å²) in [6.45, 7) is 0. The molecule has 0 heterocycles. The first-order valence-electron chi connectivity index (χ1n) is 7.94. The fraction of sp³-hybridized carbons (Fsp3) is 0.278. The Morgan fingerprint density at radius 3 is 2.20 bits per heavy atom. The number of esters is 1. The lowest BCUT2D eigenvalue weighted by atomic mass is 9.86. The van der Waals surface area contributed by atoms with E-state index in [0.29, 0.717) is 16.5 Å². The summed E-state index contributed by atoms with van der Waals surface area (Å²) in [7, 11) is -2.21. The molecule has 1 saturated carbocycles. The smallest absolute Gasteiger partial charge is 0.314 e. The molecule has 1 aliphatic carbocycles. The lowest BCUT2D eigenvalue weighted by molar-refractivity contribution is -0.141. The molecule has 25 heavy (non-hydrogen) atoms. The van der Waals surface area contributed by atoms with Crippen LogP contribution in [0.25, 0.3) is 0 Å². The molecule has 0 bridgehead atoms. The summed E-state index contributed by atoms with van der Waals surface area (Å²) >= 11 is 5.80. The number of hydrogen-bond acceptors (Lipinski definition) is 4. The molecule has 2 aromatic carbocycles. The molecule has 0 unspecified atom stereocenters. The second-order valence-electron chi connectivity index (χ2n) is 5.97. The summed E-state index contributed by atoms with van der Waals surface area (Å²) < 4.78 is 31.8. The number of sulfonamides is 1. The van der Waals surface area contributed by atoms with E-state index in [-0.39, 0.29) is 16.8 Å². The van der Waals surface area contributed by atoms with Crippen molar-refractivity contribution in [3.05, 3.63) is 53.6 Å². The number of carbonyl (C=O) groups is 1. The highest BCUT2D eigenvalue weighted by Gasteiger charge is 2.27. The van der Waals surface area contributed by atoms with Crippen molar-refractivity contribution in [1.82, 2.24) is 0 Å². The van der Waals surface area contributed by atoms with E-state index < -0.39 is 10.0 Å². The number of ether oxygens (including phenoxy) is 1. The largest absolute Gasteiger partial charge is 0.426 e. The molecule has 0 N–H and O–H groups in total. The molecular weight excluding hydrogens is 362 g/mol. The zero-order chi connectivity index (χ0) is 18.0. The van der Waals surface area contributed by atoms with Crippen LogP contribution in [0.3, 0.4) is 0 Å². The lowest BCUT2D eigenvalue weighted by Crippen LogP contribution is -2.27. The van der Waals surface area contributed by atoms with Gasteiger partial charge in [0.2, 0.25) is 0 Å². The SMILES string of the molecule is CN(c1ccc(OC(=O)C2CCC2)cc1)S(=O)(=O)c1ccc(Cl)cc1. The summed E-state index contributed by atoms with van der Waals surface area (Å²) in [6.07, 6.45) is 2.81. The van der Waals surface area contributed by atoms with Gasteiger partial charge in [0, 0.05) is 12.1 Å². The van der Waals surface area contributed by atoms with E-state index in [1.165, 1.54) is 35.6 Å². The molecule has 1 aliphatic rings. The number of hydrogen-bond donors (Lipinski definition) is 0. The van der Waals surface area contributed by atoms with Gasteiger partial charge in [-0.25, -0.2) is 8.42 Å². The van der Waals surface area contributed by atoms with Crippen LogP contribution in [0.4, 0.5) is 5.69 Å². The monoisotopic (exact) mass is 379 g/mol. The second kappa shape index (κ2) is 7.06. The molecule has 0 radical (unpaired) electrons. The normalized spacial score (nSPS) is 14.6. The predicted octanol–water partition coefficient (Wildman–Crippen LogP) is 3.87. The molecule has 0 saturated heterocycles. The van der Waals surface area contributed by atoms with Gasteiger partial charge in [-0.2, -0.15) is 0 Å². The third-order valence-electron chi connectivity index (χ3n) is 4.33. The van der Waals surface area contributed by atoms with Gasteiger partial charge >= 0.3 is 5.97 Å². The summed E-state index contributed by atoms with van der Waals surface area (Å²) in [5.41, 5.74) is 0.471. The van der Waals surface area contributed by atoms with Crippen LogP contribution in [-0.4, -0.2) is 21.4 Å². The molecule has 7 heteroatoms. The average molecular weight is 380 g/mol. The maximum absolute atomic E-state index is 12.6. The van der Waals surface area contributed by atoms with Crippen molar-refractivity contribution in [3.8, 4) is 5.75 Å². The van der Waals surface area contributed by atoms with Gasteiger partial charge in [-0.05, 0) is 61.4 Å². The van der Waals surface area contributed by atoms with E-state index in [9.17, 15) is 13.2 Å². The third-order valence-corrected chi connectivity index (χ3v) is 6.38. The first-order chi connectivity index (χ1) is 11.9. The number of benzene rings is 2. The van der Waals surface area contributed by atoms with Crippen LogP contribution < -0.4 is 9.04 Å². The maximum Gasteiger partial charge on any atom is 0.314 e. The summed E-state index contributed by atoms with van der Waals surface area (Å²) in [4.78, 5) is 12.0. The minimum absolute atomic E-state index is 0.00682. The fourth-order valence-corrected chi connectivity index (χ4v) is 3.79. The molecule has 3 rings (SSSR count). The lowest BCUT2D eigenvalue weighted by Gasteiger charge is -2.23. The number of carbonyl (C=O) groups excluding carboxylic acids is 1. The van der Waals surface area contributed by atoms with E-state index in [1.807, 2.05) is 0 Å². The first kappa shape index (κ1) is 17.8. The molecule has 0 atom stereocenters. The topological polar surface area (TPSA) is 63.7 Å². The Labute approximate surface area is 152 Å². The molecule has 0 aliphatic heterocycles. The van der Waals surface area contributed by atoms with Crippen molar-refractivity contribution in [3.63, 3.8) is 0 Å². The standard InChI is InChI=1S/C18H18ClNO4S/c1-20(25(22,23)17-11-5-14(19)6-12-17)15-7-9-16(10-8-15)24-18(21)13-3-2-4-13/h5-13H,2-4H2,1H3. The summed E-state index contributed by atoms with van der Waals surface area (Å²) in [5.74, 6) is 0.187. The highest BCUT2D eigenvalue weighted by atomic mass is 35.5. The fourth-order valence-electron chi connectivity index (χ4n) is 2.47. The first-order valence-corrected chi connectivity index (χ1v) is 9.76. The van der Waals surface area contributed by atoms with Gasteiger partial charge in [0.05, 0.1) is 16.5 Å². The Kier molecular flexibility index (Phi) is 5.01. The van der Waals surface area contributed by atoms with E-state index in [0.717, 1.165) is 19.3 Å². The molecule has 0 spiro atoms. The van der Waals surface area contributed by atoms with Crippen LogP contribution in [0.15, 0.2) is 53.4 Å². The second-order valence-corrected chi connectivity index (χ2v) is 8.37. The van der Waals surface area contributed by atoms with Gasteiger partial charge in [0.25, 0.3) is 10.0 Å². The Balaban J connectivity index is 1.74. The van der Waals surface area contributed by atoms with Crippen LogP contribution in [0, 0.1) is 5.92 Å². The Morgan fingerprint density at radius 1 is 1.08 bits per heavy atom. The van der Waals surface area contributed by atoms with Crippen molar-refractivity contribution in [2.45, 2.75) is 24.2 Å². The molecule has 0 aromatic heterocycles. The van der Waals surface area contributed by atoms with E-state index in [1.54, 1.807) is 24.3 Å². The predicted molar refractivity (Wildman–Crippen MR) is 96.5 cm³/mol. The van der Waals surface area contributed by atoms with E-state index in [4.69, 9.17) is 16.3 Å². The summed E-state index contributed by atoms with van der Waals surface area (Å²) in [5, 5.41) is 0.472. The molecule has 132 valence electrons. The van der Waals surface area contributed by atoms with Gasteiger partial charge in [-0.3, -0.25) is 9.10 Å². The molecule has 1 fully saturated rings. The zero-order valence-electron chi connectivity index (χ0n) is 13.7. The highest BCUT2D eigenvalue weighted by Crippen LogP contribution is 2.29. The van der Waals surface area contributed by atoms with Gasteiger partial charge in [-0.1, -0.05) is 18.0 Å². The van der Waals surface area contributed by atoms with Crippen molar-refractivity contribution in [2.24, 2.45) is 5.92 Å². The Hall–Kier alpha value is -2.05. The maximum atomic E-state index is 12.6. The Bertz CT molecular complexity index is 859. The third kappa shape index (κ3) is 3.80. The minimum Gasteiger partial charge on any atom is -0.426 e. The zero-order valence-corrected chi connectivity index (χ0v) is 15.3. The number of halogens is 1. The quantitative estimate of drug-likeness (QED) is 0.584. The van der Waals surface area contributed by atoms with Crippen LogP contribution in [0.2, 0.25) is 5.02 Å². The minimum atomic E-state index is -3.69. The van der Waals surface area contributed by atoms with Crippen molar-refractivity contribution < 1.29 is 17.9 Å². The average Bonchev–Trinajstić information content (AvgIpc) is 2.53. The van der Waals surface area contributed by atoms with E-state index in [2.05, 4.69) is 0 Å². The van der Waals surface area contributed by atoms with Crippen LogP contribution in [0.5, 0.6) is 5.75 Å². The van der Waals surface area contributed by atoms with Gasteiger partial charge in [0.1, 0.15) is 5.75 Å². The number of anilines is 1. The van der Waals surface area contributed by atoms with Gasteiger partial charge < -0.3 is 4.74 Å².